The number of hydrogen-bond acceptors (Lipinski definition) is 5. The molecule has 7 nitrogen and oxygen atoms in total. The first kappa shape index (κ1) is 22.9. The Bertz CT molecular complexity index is 1150. The zero-order chi connectivity index (χ0) is 23.8. The van der Waals surface area contributed by atoms with Crippen LogP contribution in [0.4, 0.5) is 4.79 Å². The Morgan fingerprint density at radius 2 is 1.76 bits per heavy atom. The molecule has 1 saturated heterocycles. The van der Waals surface area contributed by atoms with E-state index in [0.29, 0.717) is 5.75 Å². The molecular formula is C25H28N4O3S. The fourth-order valence-corrected chi connectivity index (χ4v) is 5.15. The van der Waals surface area contributed by atoms with Crippen LogP contribution in [0.2, 0.25) is 0 Å². The SMILES string of the molecule is Cc1ccc(-c2nn(-c3ccccc3)cc2C2SC[C@@H](C(N)=O)N2C(=O)OC(C)(C)C)cc1. The van der Waals surface area contributed by atoms with E-state index in [9.17, 15) is 9.59 Å². The Labute approximate surface area is 197 Å². The molecule has 0 bridgehead atoms. The monoisotopic (exact) mass is 464 g/mol. The molecule has 1 aliphatic heterocycles. The Morgan fingerprint density at radius 1 is 1.09 bits per heavy atom. The van der Waals surface area contributed by atoms with Crippen molar-refractivity contribution in [3.63, 3.8) is 0 Å². The average Bonchev–Trinajstić information content (AvgIpc) is 3.38. The van der Waals surface area contributed by atoms with Gasteiger partial charge in [-0.25, -0.2) is 9.48 Å². The molecule has 0 spiro atoms. The van der Waals surface area contributed by atoms with E-state index in [4.69, 9.17) is 15.6 Å². The van der Waals surface area contributed by atoms with Gasteiger partial charge in [-0.05, 0) is 39.8 Å². The van der Waals surface area contributed by atoms with Gasteiger partial charge >= 0.3 is 6.09 Å². The number of ether oxygens (including phenoxy) is 1. The predicted octanol–water partition coefficient (Wildman–Crippen LogP) is 4.68. The van der Waals surface area contributed by atoms with E-state index in [1.807, 2.05) is 67.7 Å². The van der Waals surface area contributed by atoms with Gasteiger partial charge in [-0.3, -0.25) is 9.69 Å². The van der Waals surface area contributed by atoms with Crippen molar-refractivity contribution in [1.82, 2.24) is 14.7 Å². The molecule has 0 aliphatic carbocycles. The largest absolute Gasteiger partial charge is 0.444 e. The molecule has 0 saturated carbocycles. The number of nitrogens with two attached hydrogens (primary N) is 1. The summed E-state index contributed by atoms with van der Waals surface area (Å²) in [6, 6.07) is 17.1. The Hall–Kier alpha value is -3.26. The summed E-state index contributed by atoms with van der Waals surface area (Å²) in [4.78, 5) is 26.9. The molecule has 8 heteroatoms. The van der Waals surface area contributed by atoms with Crippen LogP contribution in [-0.4, -0.2) is 44.1 Å². The molecule has 2 heterocycles. The number of carbonyl (C=O) groups is 2. The van der Waals surface area contributed by atoms with Gasteiger partial charge in [0, 0.05) is 23.1 Å². The second-order valence-electron chi connectivity index (χ2n) is 9.07. The first-order valence-electron chi connectivity index (χ1n) is 10.8. The third-order valence-electron chi connectivity index (χ3n) is 5.29. The highest BCUT2D eigenvalue weighted by atomic mass is 32.2. The summed E-state index contributed by atoms with van der Waals surface area (Å²) >= 11 is 1.49. The fraction of sp³-hybridized carbons (Fsp3) is 0.320. The standard InChI is InChI=1S/C25H28N4O3S/c1-16-10-12-17(13-11-16)21-19(14-28(27-21)18-8-6-5-7-9-18)23-29(20(15-33-23)22(26)30)24(31)32-25(2,3)4/h5-14,20,23H,15H2,1-4H3,(H2,26,30)/t20-,23?/m0/s1. The van der Waals surface area contributed by atoms with Crippen LogP contribution >= 0.6 is 11.8 Å². The molecule has 2 amide bonds. The quantitative estimate of drug-likeness (QED) is 0.605. The molecule has 172 valence electrons. The summed E-state index contributed by atoms with van der Waals surface area (Å²) in [7, 11) is 0. The molecule has 2 N–H and O–H groups in total. The number of para-hydroxylation sites is 1. The number of aromatic nitrogens is 2. The molecule has 1 unspecified atom stereocenters. The highest BCUT2D eigenvalue weighted by Crippen LogP contribution is 2.45. The lowest BCUT2D eigenvalue weighted by Gasteiger charge is -2.30. The average molecular weight is 465 g/mol. The first-order chi connectivity index (χ1) is 15.6. The number of hydrogen-bond donors (Lipinski definition) is 1. The Morgan fingerprint density at radius 3 is 2.36 bits per heavy atom. The van der Waals surface area contributed by atoms with Crippen LogP contribution in [0.25, 0.3) is 16.9 Å². The number of thioether (sulfide) groups is 1. The van der Waals surface area contributed by atoms with E-state index in [1.165, 1.54) is 16.7 Å². The second-order valence-corrected chi connectivity index (χ2v) is 10.2. The van der Waals surface area contributed by atoms with Crippen molar-refractivity contribution in [2.75, 3.05) is 5.75 Å². The molecular weight excluding hydrogens is 436 g/mol. The van der Waals surface area contributed by atoms with Crippen LogP contribution in [0, 0.1) is 6.92 Å². The van der Waals surface area contributed by atoms with Gasteiger partial charge in [0.1, 0.15) is 17.0 Å². The van der Waals surface area contributed by atoms with Crippen LogP contribution in [0.15, 0.2) is 60.8 Å². The summed E-state index contributed by atoms with van der Waals surface area (Å²) in [5.74, 6) is -0.161. The van der Waals surface area contributed by atoms with Crippen molar-refractivity contribution in [1.29, 1.82) is 0 Å². The smallest absolute Gasteiger partial charge is 0.412 e. The predicted molar refractivity (Wildman–Crippen MR) is 130 cm³/mol. The molecule has 1 fully saturated rings. The van der Waals surface area contributed by atoms with Gasteiger partial charge in [-0.2, -0.15) is 5.10 Å². The van der Waals surface area contributed by atoms with Gasteiger partial charge in [-0.1, -0.05) is 48.0 Å². The molecule has 1 aromatic heterocycles. The van der Waals surface area contributed by atoms with Gasteiger partial charge in [0.05, 0.1) is 11.4 Å². The summed E-state index contributed by atoms with van der Waals surface area (Å²) in [6.45, 7) is 7.43. The maximum Gasteiger partial charge on any atom is 0.412 e. The van der Waals surface area contributed by atoms with Crippen molar-refractivity contribution in [3.8, 4) is 16.9 Å². The highest BCUT2D eigenvalue weighted by molar-refractivity contribution is 7.99. The van der Waals surface area contributed by atoms with Crippen molar-refractivity contribution in [2.45, 2.75) is 44.7 Å². The zero-order valence-electron chi connectivity index (χ0n) is 19.2. The van der Waals surface area contributed by atoms with Crippen LogP contribution in [0.5, 0.6) is 0 Å². The van der Waals surface area contributed by atoms with E-state index >= 15 is 0 Å². The van der Waals surface area contributed by atoms with Crippen molar-refractivity contribution >= 4 is 23.8 Å². The van der Waals surface area contributed by atoms with E-state index in [-0.39, 0.29) is 0 Å². The molecule has 33 heavy (non-hydrogen) atoms. The second kappa shape index (κ2) is 8.94. The van der Waals surface area contributed by atoms with E-state index < -0.39 is 29.0 Å². The van der Waals surface area contributed by atoms with Crippen molar-refractivity contribution in [2.24, 2.45) is 5.73 Å². The number of nitrogens with zero attached hydrogens (tertiary/aromatic N) is 3. The molecule has 3 aromatic rings. The van der Waals surface area contributed by atoms with Crippen LogP contribution in [0.1, 0.15) is 37.3 Å². The fourth-order valence-electron chi connectivity index (χ4n) is 3.72. The minimum atomic E-state index is -0.763. The summed E-state index contributed by atoms with van der Waals surface area (Å²) < 4.78 is 7.45. The Balaban J connectivity index is 1.83. The Kier molecular flexibility index (Phi) is 6.21. The normalized spacial score (nSPS) is 18.4. The van der Waals surface area contributed by atoms with Crippen LogP contribution in [0.3, 0.4) is 0 Å². The summed E-state index contributed by atoms with van der Waals surface area (Å²) in [6.07, 6.45) is 1.35. The number of aryl methyl sites for hydroxylation is 1. The lowest BCUT2D eigenvalue weighted by Crippen LogP contribution is -2.47. The minimum Gasteiger partial charge on any atom is -0.444 e. The number of primary amides is 1. The van der Waals surface area contributed by atoms with Crippen molar-refractivity contribution in [3.05, 3.63) is 71.9 Å². The number of rotatable bonds is 4. The third-order valence-corrected chi connectivity index (χ3v) is 6.59. The van der Waals surface area contributed by atoms with Gasteiger partial charge in [0.25, 0.3) is 0 Å². The molecule has 2 atom stereocenters. The summed E-state index contributed by atoms with van der Waals surface area (Å²) in [5, 5.41) is 4.41. The van der Waals surface area contributed by atoms with Crippen LogP contribution < -0.4 is 5.73 Å². The van der Waals surface area contributed by atoms with Crippen LogP contribution in [-0.2, 0) is 9.53 Å². The maximum atomic E-state index is 13.2. The van der Waals surface area contributed by atoms with E-state index in [0.717, 1.165) is 28.1 Å². The molecule has 2 aromatic carbocycles. The number of benzene rings is 2. The van der Waals surface area contributed by atoms with E-state index in [1.54, 1.807) is 25.5 Å². The topological polar surface area (TPSA) is 90.5 Å². The first-order valence-corrected chi connectivity index (χ1v) is 11.8. The summed E-state index contributed by atoms with van der Waals surface area (Å²) in [5.41, 5.74) is 9.50. The molecule has 1 aliphatic rings. The number of amides is 2. The zero-order valence-corrected chi connectivity index (χ0v) is 20.0. The minimum absolute atomic E-state index is 0.392. The molecule has 4 rings (SSSR count). The van der Waals surface area contributed by atoms with Crippen molar-refractivity contribution < 1.29 is 14.3 Å². The van der Waals surface area contributed by atoms with Gasteiger partial charge in [0.2, 0.25) is 5.91 Å². The lowest BCUT2D eigenvalue weighted by molar-refractivity contribution is -0.122. The van der Waals surface area contributed by atoms with E-state index in [2.05, 4.69) is 0 Å². The highest BCUT2D eigenvalue weighted by Gasteiger charge is 2.45. The maximum absolute atomic E-state index is 13.2. The number of carbonyl (C=O) groups excluding carboxylic acids is 2. The molecule has 0 radical (unpaired) electrons. The van der Waals surface area contributed by atoms with Gasteiger partial charge < -0.3 is 10.5 Å². The van der Waals surface area contributed by atoms with Gasteiger partial charge in [-0.15, -0.1) is 11.8 Å². The third kappa shape index (κ3) is 4.90. The lowest BCUT2D eigenvalue weighted by atomic mass is 10.1. The van der Waals surface area contributed by atoms with Gasteiger partial charge in [0.15, 0.2) is 0 Å².